The number of rotatable bonds is 4. The zero-order chi connectivity index (χ0) is 8.97. The van der Waals surface area contributed by atoms with Crippen molar-refractivity contribution in [1.29, 1.82) is 0 Å². The highest BCUT2D eigenvalue weighted by molar-refractivity contribution is 7.07. The molecule has 0 atom stereocenters. The summed E-state index contributed by atoms with van der Waals surface area (Å²) in [5.41, 5.74) is 1.29. The van der Waals surface area contributed by atoms with E-state index in [0.29, 0.717) is 12.2 Å². The van der Waals surface area contributed by atoms with Gasteiger partial charge in [0, 0.05) is 12.3 Å². The molecule has 0 unspecified atom stereocenters. The molecule has 0 saturated carbocycles. The molecule has 1 nitrogen and oxygen atoms in total. The van der Waals surface area contributed by atoms with Gasteiger partial charge >= 0.3 is 0 Å². The van der Waals surface area contributed by atoms with Gasteiger partial charge in [-0.15, -0.1) is 0 Å². The molecule has 0 saturated heterocycles. The van der Waals surface area contributed by atoms with E-state index in [1.54, 1.807) is 11.3 Å². The van der Waals surface area contributed by atoms with Gasteiger partial charge in [0.1, 0.15) is 5.78 Å². The topological polar surface area (TPSA) is 17.1 Å². The average Bonchev–Trinajstić information content (AvgIpc) is 2.51. The third kappa shape index (κ3) is 2.78. The summed E-state index contributed by atoms with van der Waals surface area (Å²) in [4.78, 5) is 11.2. The first kappa shape index (κ1) is 9.46. The standard InChI is InChI=1S/C10H14OS/c1-8(2)10(11)4-3-9-5-6-12-7-9/h5-8H,3-4H2,1-2H3. The number of thiophene rings is 1. The Hall–Kier alpha value is -0.630. The minimum atomic E-state index is 0.184. The van der Waals surface area contributed by atoms with Crippen LogP contribution in [0, 0.1) is 5.92 Å². The molecule has 2 heteroatoms. The van der Waals surface area contributed by atoms with Crippen molar-refractivity contribution in [3.63, 3.8) is 0 Å². The first-order valence-electron chi connectivity index (χ1n) is 4.24. The Morgan fingerprint density at radius 2 is 2.33 bits per heavy atom. The number of hydrogen-bond donors (Lipinski definition) is 0. The lowest BCUT2D eigenvalue weighted by molar-refractivity contribution is -0.121. The van der Waals surface area contributed by atoms with Gasteiger partial charge in [-0.1, -0.05) is 13.8 Å². The molecule has 0 amide bonds. The zero-order valence-corrected chi connectivity index (χ0v) is 8.36. The van der Waals surface area contributed by atoms with Crippen LogP contribution >= 0.6 is 11.3 Å². The minimum absolute atomic E-state index is 0.184. The molecular formula is C10H14OS. The van der Waals surface area contributed by atoms with E-state index >= 15 is 0 Å². The number of carbonyl (C=O) groups excluding carboxylic acids is 1. The van der Waals surface area contributed by atoms with E-state index < -0.39 is 0 Å². The van der Waals surface area contributed by atoms with Crippen LogP contribution in [0.1, 0.15) is 25.8 Å². The maximum Gasteiger partial charge on any atom is 0.135 e. The van der Waals surface area contributed by atoms with E-state index in [1.165, 1.54) is 5.56 Å². The third-order valence-electron chi connectivity index (χ3n) is 1.88. The summed E-state index contributed by atoms with van der Waals surface area (Å²) < 4.78 is 0. The van der Waals surface area contributed by atoms with Crippen LogP contribution in [0.2, 0.25) is 0 Å². The van der Waals surface area contributed by atoms with Gasteiger partial charge < -0.3 is 0 Å². The smallest absolute Gasteiger partial charge is 0.135 e. The molecule has 0 spiro atoms. The Morgan fingerprint density at radius 1 is 1.58 bits per heavy atom. The molecule has 0 bridgehead atoms. The first-order valence-corrected chi connectivity index (χ1v) is 5.18. The summed E-state index contributed by atoms with van der Waals surface area (Å²) in [6.45, 7) is 3.91. The van der Waals surface area contributed by atoms with Crippen LogP contribution < -0.4 is 0 Å². The zero-order valence-electron chi connectivity index (χ0n) is 7.54. The number of ketones is 1. The maximum absolute atomic E-state index is 11.2. The summed E-state index contributed by atoms with van der Waals surface area (Å²) in [7, 11) is 0. The third-order valence-corrected chi connectivity index (χ3v) is 2.62. The number of Topliss-reactive ketones (excluding diaryl/α,β-unsaturated/α-hetero) is 1. The average molecular weight is 182 g/mol. The van der Waals surface area contributed by atoms with Crippen LogP contribution in [0.15, 0.2) is 16.8 Å². The van der Waals surface area contributed by atoms with Gasteiger partial charge in [-0.2, -0.15) is 11.3 Å². The fourth-order valence-corrected chi connectivity index (χ4v) is 1.69. The lowest BCUT2D eigenvalue weighted by Crippen LogP contribution is -2.07. The van der Waals surface area contributed by atoms with E-state index in [-0.39, 0.29) is 5.92 Å². The maximum atomic E-state index is 11.2. The molecule has 1 rings (SSSR count). The van der Waals surface area contributed by atoms with Gasteiger partial charge in [-0.25, -0.2) is 0 Å². The Labute approximate surface area is 77.4 Å². The summed E-state index contributed by atoms with van der Waals surface area (Å²) in [5, 5.41) is 4.16. The Bertz CT molecular complexity index is 236. The van der Waals surface area contributed by atoms with E-state index in [2.05, 4.69) is 16.8 Å². The fourth-order valence-electron chi connectivity index (χ4n) is 0.991. The SMILES string of the molecule is CC(C)C(=O)CCc1ccsc1. The summed E-state index contributed by atoms with van der Waals surface area (Å²) in [6.07, 6.45) is 1.59. The van der Waals surface area contributed by atoms with Crippen molar-refractivity contribution in [1.82, 2.24) is 0 Å². The molecule has 0 N–H and O–H groups in total. The predicted molar refractivity (Wildman–Crippen MR) is 52.5 cm³/mol. The lowest BCUT2D eigenvalue weighted by atomic mass is 10.0. The van der Waals surface area contributed by atoms with Crippen molar-refractivity contribution in [3.05, 3.63) is 22.4 Å². The van der Waals surface area contributed by atoms with Crippen LogP contribution in [-0.4, -0.2) is 5.78 Å². The van der Waals surface area contributed by atoms with E-state index in [1.807, 2.05) is 13.8 Å². The summed E-state index contributed by atoms with van der Waals surface area (Å²) in [6, 6.07) is 2.08. The number of aryl methyl sites for hydroxylation is 1. The molecule has 1 heterocycles. The van der Waals surface area contributed by atoms with Crippen molar-refractivity contribution in [2.75, 3.05) is 0 Å². The molecule has 0 aliphatic heterocycles. The summed E-state index contributed by atoms with van der Waals surface area (Å²) in [5.74, 6) is 0.546. The minimum Gasteiger partial charge on any atom is -0.299 e. The van der Waals surface area contributed by atoms with Gasteiger partial charge in [0.15, 0.2) is 0 Å². The van der Waals surface area contributed by atoms with E-state index in [9.17, 15) is 4.79 Å². The van der Waals surface area contributed by atoms with Gasteiger partial charge in [0.25, 0.3) is 0 Å². The molecule has 1 aromatic rings. The van der Waals surface area contributed by atoms with Crippen molar-refractivity contribution < 1.29 is 4.79 Å². The number of carbonyl (C=O) groups is 1. The van der Waals surface area contributed by atoms with Crippen molar-refractivity contribution in [2.24, 2.45) is 5.92 Å². The normalized spacial score (nSPS) is 10.6. The molecular weight excluding hydrogens is 168 g/mol. The number of hydrogen-bond acceptors (Lipinski definition) is 2. The van der Waals surface area contributed by atoms with Gasteiger partial charge in [-0.05, 0) is 28.8 Å². The lowest BCUT2D eigenvalue weighted by Gasteiger charge is -2.01. The molecule has 1 aromatic heterocycles. The molecule has 0 fully saturated rings. The molecule has 0 aliphatic carbocycles. The molecule has 0 aromatic carbocycles. The Kier molecular flexibility index (Phi) is 3.48. The Balaban J connectivity index is 2.32. The molecule has 66 valence electrons. The van der Waals surface area contributed by atoms with Crippen molar-refractivity contribution in [2.45, 2.75) is 26.7 Å². The first-order chi connectivity index (χ1) is 5.70. The van der Waals surface area contributed by atoms with Crippen LogP contribution in [0.4, 0.5) is 0 Å². The van der Waals surface area contributed by atoms with Crippen LogP contribution in [0.5, 0.6) is 0 Å². The highest BCUT2D eigenvalue weighted by Gasteiger charge is 2.06. The van der Waals surface area contributed by atoms with Crippen molar-refractivity contribution in [3.8, 4) is 0 Å². The van der Waals surface area contributed by atoms with Crippen LogP contribution in [0.25, 0.3) is 0 Å². The highest BCUT2D eigenvalue weighted by Crippen LogP contribution is 2.10. The highest BCUT2D eigenvalue weighted by atomic mass is 32.1. The second-order valence-corrected chi connectivity index (χ2v) is 4.03. The second-order valence-electron chi connectivity index (χ2n) is 3.25. The molecule has 0 aliphatic rings. The predicted octanol–water partition coefficient (Wildman–Crippen LogP) is 2.91. The monoisotopic (exact) mass is 182 g/mol. The van der Waals surface area contributed by atoms with Gasteiger partial charge in [0.2, 0.25) is 0 Å². The largest absolute Gasteiger partial charge is 0.299 e. The van der Waals surface area contributed by atoms with Crippen LogP contribution in [0.3, 0.4) is 0 Å². The fraction of sp³-hybridized carbons (Fsp3) is 0.500. The van der Waals surface area contributed by atoms with Gasteiger partial charge in [0.05, 0.1) is 0 Å². The quantitative estimate of drug-likeness (QED) is 0.699. The molecule has 12 heavy (non-hydrogen) atoms. The Morgan fingerprint density at radius 3 is 2.83 bits per heavy atom. The van der Waals surface area contributed by atoms with Crippen molar-refractivity contribution >= 4 is 17.1 Å². The van der Waals surface area contributed by atoms with Gasteiger partial charge in [-0.3, -0.25) is 4.79 Å². The summed E-state index contributed by atoms with van der Waals surface area (Å²) >= 11 is 1.69. The van der Waals surface area contributed by atoms with E-state index in [0.717, 1.165) is 6.42 Å². The molecule has 0 radical (unpaired) electrons. The van der Waals surface area contributed by atoms with E-state index in [4.69, 9.17) is 0 Å². The van der Waals surface area contributed by atoms with Crippen LogP contribution in [-0.2, 0) is 11.2 Å². The second kappa shape index (κ2) is 4.41.